The lowest BCUT2D eigenvalue weighted by atomic mass is 9.94. The number of thiazole rings is 1. The monoisotopic (exact) mass is 440 g/mol. The number of anilines is 1. The van der Waals surface area contributed by atoms with E-state index in [1.54, 1.807) is 12.1 Å². The zero-order chi connectivity index (χ0) is 22.4. The van der Waals surface area contributed by atoms with Crippen LogP contribution in [0.25, 0.3) is 16.0 Å². The Balaban J connectivity index is 1.73. The van der Waals surface area contributed by atoms with E-state index in [0.29, 0.717) is 10.7 Å². The first-order valence-corrected chi connectivity index (χ1v) is 11.1. The molecule has 0 bridgehead atoms. The van der Waals surface area contributed by atoms with E-state index in [4.69, 9.17) is 0 Å². The van der Waals surface area contributed by atoms with Crippen molar-refractivity contribution in [1.29, 1.82) is 0 Å². The Bertz CT molecular complexity index is 1350. The number of hydrogen-bond donors (Lipinski definition) is 1. The third-order valence-corrected chi connectivity index (χ3v) is 6.69. The van der Waals surface area contributed by atoms with Gasteiger partial charge in [-0.15, -0.1) is 0 Å². The maximum absolute atomic E-state index is 13.2. The van der Waals surface area contributed by atoms with Gasteiger partial charge in [-0.3, -0.25) is 14.5 Å². The Morgan fingerprint density at radius 3 is 2.19 bits per heavy atom. The normalized spacial score (nSPS) is 17.9. The number of aliphatic hydroxyl groups excluding tert-OH is 1. The zero-order valence-electron chi connectivity index (χ0n) is 17.6. The van der Waals surface area contributed by atoms with Gasteiger partial charge in [0, 0.05) is 5.56 Å². The molecule has 1 aliphatic rings. The fourth-order valence-corrected chi connectivity index (χ4v) is 4.92. The molecule has 0 unspecified atom stereocenters. The molecule has 1 amide bonds. The van der Waals surface area contributed by atoms with Crippen LogP contribution in [0.4, 0.5) is 5.13 Å². The molecule has 0 spiro atoms. The molecule has 6 heteroatoms. The summed E-state index contributed by atoms with van der Waals surface area (Å²) in [5, 5.41) is 11.6. The standard InChI is InChI=1S/C26H20N2O3S/c1-15-7-11-17(12-8-15)22-21(23(29)18-13-9-16(2)10-14-18)24(30)25(31)28(22)26-27-19-5-3-4-6-20(19)32-26/h3-14,22,29H,1-2H3/b23-21+/t22-/m1/s1. The summed E-state index contributed by atoms with van der Waals surface area (Å²) >= 11 is 1.35. The second-order valence-corrected chi connectivity index (χ2v) is 8.92. The fraction of sp³-hybridized carbons (Fsp3) is 0.115. The van der Waals surface area contributed by atoms with Crippen LogP contribution in [-0.4, -0.2) is 21.8 Å². The van der Waals surface area contributed by atoms with Crippen molar-refractivity contribution >= 4 is 44.1 Å². The van der Waals surface area contributed by atoms with Crippen molar-refractivity contribution in [3.8, 4) is 0 Å². The van der Waals surface area contributed by atoms with Crippen molar-refractivity contribution in [3.05, 3.63) is 101 Å². The Kier molecular flexibility index (Phi) is 4.87. The highest BCUT2D eigenvalue weighted by Gasteiger charge is 2.48. The molecule has 158 valence electrons. The molecule has 3 aromatic carbocycles. The van der Waals surface area contributed by atoms with E-state index in [2.05, 4.69) is 4.98 Å². The lowest BCUT2D eigenvalue weighted by molar-refractivity contribution is -0.132. The summed E-state index contributed by atoms with van der Waals surface area (Å²) in [5.74, 6) is -1.59. The van der Waals surface area contributed by atoms with E-state index in [-0.39, 0.29) is 11.3 Å². The van der Waals surface area contributed by atoms with Gasteiger partial charge in [0.05, 0.1) is 21.8 Å². The van der Waals surface area contributed by atoms with Crippen molar-refractivity contribution < 1.29 is 14.7 Å². The molecule has 2 heterocycles. The Labute approximate surface area is 189 Å². The predicted molar refractivity (Wildman–Crippen MR) is 127 cm³/mol. The topological polar surface area (TPSA) is 70.5 Å². The average Bonchev–Trinajstić information content (AvgIpc) is 3.33. The van der Waals surface area contributed by atoms with E-state index >= 15 is 0 Å². The Morgan fingerprint density at radius 1 is 0.906 bits per heavy atom. The Morgan fingerprint density at radius 2 is 1.53 bits per heavy atom. The van der Waals surface area contributed by atoms with Crippen LogP contribution in [0.15, 0.2) is 78.4 Å². The van der Waals surface area contributed by atoms with E-state index in [0.717, 1.165) is 26.9 Å². The molecule has 1 N–H and O–H groups in total. The third kappa shape index (κ3) is 3.29. The maximum Gasteiger partial charge on any atom is 0.301 e. The highest BCUT2D eigenvalue weighted by atomic mass is 32.1. The molecular formula is C26H20N2O3S. The molecule has 1 aromatic heterocycles. The molecule has 1 fully saturated rings. The summed E-state index contributed by atoms with van der Waals surface area (Å²) in [6.07, 6.45) is 0. The molecule has 0 saturated carbocycles. The quantitative estimate of drug-likeness (QED) is 0.258. The highest BCUT2D eigenvalue weighted by Crippen LogP contribution is 2.44. The van der Waals surface area contributed by atoms with Gasteiger partial charge < -0.3 is 5.11 Å². The van der Waals surface area contributed by atoms with Crippen LogP contribution in [0.3, 0.4) is 0 Å². The fourth-order valence-electron chi connectivity index (χ4n) is 3.92. The number of ketones is 1. The second kappa shape index (κ2) is 7.73. The second-order valence-electron chi connectivity index (χ2n) is 7.91. The molecule has 32 heavy (non-hydrogen) atoms. The minimum absolute atomic E-state index is 0.0713. The number of hydrogen-bond acceptors (Lipinski definition) is 5. The molecule has 0 radical (unpaired) electrons. The first kappa shape index (κ1) is 20.2. The molecule has 1 saturated heterocycles. The number of benzene rings is 3. The van der Waals surface area contributed by atoms with E-state index in [1.165, 1.54) is 16.2 Å². The maximum atomic E-state index is 13.2. The smallest absolute Gasteiger partial charge is 0.301 e. The number of aromatic nitrogens is 1. The van der Waals surface area contributed by atoms with Gasteiger partial charge in [-0.05, 0) is 31.5 Å². The molecular weight excluding hydrogens is 420 g/mol. The zero-order valence-corrected chi connectivity index (χ0v) is 18.4. The first-order valence-electron chi connectivity index (χ1n) is 10.2. The molecule has 1 atom stereocenters. The molecule has 5 rings (SSSR count). The van der Waals surface area contributed by atoms with Crippen molar-refractivity contribution in [2.75, 3.05) is 4.90 Å². The van der Waals surface area contributed by atoms with E-state index in [9.17, 15) is 14.7 Å². The summed E-state index contributed by atoms with van der Waals surface area (Å²) in [6.45, 7) is 3.92. The average molecular weight is 441 g/mol. The van der Waals surface area contributed by atoms with Crippen molar-refractivity contribution in [3.63, 3.8) is 0 Å². The molecule has 1 aliphatic heterocycles. The van der Waals surface area contributed by atoms with Gasteiger partial charge >= 0.3 is 5.91 Å². The summed E-state index contributed by atoms with van der Waals surface area (Å²) in [5.41, 5.74) is 4.16. The van der Waals surface area contributed by atoms with Crippen LogP contribution in [0.2, 0.25) is 0 Å². The molecule has 5 nitrogen and oxygen atoms in total. The van der Waals surface area contributed by atoms with Gasteiger partial charge in [0.2, 0.25) is 0 Å². The van der Waals surface area contributed by atoms with Gasteiger partial charge in [0.25, 0.3) is 5.78 Å². The summed E-state index contributed by atoms with van der Waals surface area (Å²) < 4.78 is 0.922. The predicted octanol–water partition coefficient (Wildman–Crippen LogP) is 5.54. The number of aliphatic hydroxyl groups is 1. The van der Waals surface area contributed by atoms with Crippen LogP contribution in [0.5, 0.6) is 0 Å². The molecule has 4 aromatic rings. The van der Waals surface area contributed by atoms with Crippen LogP contribution >= 0.6 is 11.3 Å². The number of carbonyl (C=O) groups excluding carboxylic acids is 2. The summed E-state index contributed by atoms with van der Waals surface area (Å²) in [6, 6.07) is 21.7. The van der Waals surface area contributed by atoms with Crippen LogP contribution in [0, 0.1) is 13.8 Å². The van der Waals surface area contributed by atoms with Gasteiger partial charge in [0.1, 0.15) is 5.76 Å². The number of Topliss-reactive ketones (excluding diaryl/α,β-unsaturated/α-hetero) is 1. The number of aryl methyl sites for hydroxylation is 2. The number of nitrogens with zero attached hydrogens (tertiary/aromatic N) is 2. The minimum atomic E-state index is -0.766. The number of para-hydroxylation sites is 1. The van der Waals surface area contributed by atoms with Crippen molar-refractivity contribution in [2.45, 2.75) is 19.9 Å². The van der Waals surface area contributed by atoms with Crippen molar-refractivity contribution in [1.82, 2.24) is 4.98 Å². The van der Waals surface area contributed by atoms with Crippen molar-refractivity contribution in [2.24, 2.45) is 0 Å². The van der Waals surface area contributed by atoms with Gasteiger partial charge in [-0.2, -0.15) is 0 Å². The summed E-state index contributed by atoms with van der Waals surface area (Å²) in [7, 11) is 0. The highest BCUT2D eigenvalue weighted by molar-refractivity contribution is 7.22. The van der Waals surface area contributed by atoms with E-state index in [1.807, 2.05) is 74.5 Å². The summed E-state index contributed by atoms with van der Waals surface area (Å²) in [4.78, 5) is 32.5. The lowest BCUT2D eigenvalue weighted by Crippen LogP contribution is -2.29. The van der Waals surface area contributed by atoms with Gasteiger partial charge in [-0.1, -0.05) is 83.1 Å². The van der Waals surface area contributed by atoms with Gasteiger partial charge in [-0.25, -0.2) is 4.98 Å². The molecule has 0 aliphatic carbocycles. The van der Waals surface area contributed by atoms with Crippen LogP contribution in [-0.2, 0) is 9.59 Å². The minimum Gasteiger partial charge on any atom is -0.507 e. The lowest BCUT2D eigenvalue weighted by Gasteiger charge is -2.23. The largest absolute Gasteiger partial charge is 0.507 e. The number of fused-ring (bicyclic) bond motifs is 1. The van der Waals surface area contributed by atoms with Crippen LogP contribution in [0.1, 0.15) is 28.3 Å². The number of rotatable bonds is 3. The first-order chi connectivity index (χ1) is 15.4. The van der Waals surface area contributed by atoms with Gasteiger partial charge in [0.15, 0.2) is 5.13 Å². The van der Waals surface area contributed by atoms with E-state index < -0.39 is 17.7 Å². The SMILES string of the molecule is Cc1ccc(/C(O)=C2\C(=O)C(=O)N(c3nc4ccccc4s3)[C@@H]2c2ccc(C)cc2)cc1. The third-order valence-electron chi connectivity index (χ3n) is 5.65. The Hall–Kier alpha value is -3.77. The number of carbonyl (C=O) groups is 2. The number of amides is 1. The van der Waals surface area contributed by atoms with Crippen LogP contribution < -0.4 is 4.90 Å².